The van der Waals surface area contributed by atoms with Crippen LogP contribution in [0.1, 0.15) is 22.3 Å². The third-order valence-corrected chi connectivity index (χ3v) is 5.24. The number of hydrogen-bond donors (Lipinski definition) is 6. The molecule has 1 aliphatic heterocycles. The van der Waals surface area contributed by atoms with E-state index in [2.05, 4.69) is 0 Å². The van der Waals surface area contributed by atoms with E-state index in [9.17, 15) is 35.4 Å². The Hall–Kier alpha value is -2.89. The van der Waals surface area contributed by atoms with Crippen LogP contribution in [-0.4, -0.2) is 80.8 Å². The van der Waals surface area contributed by atoms with Gasteiger partial charge in [-0.05, 0) is 24.1 Å². The van der Waals surface area contributed by atoms with Gasteiger partial charge < -0.3 is 44.8 Å². The molecule has 0 amide bonds. The topological polar surface area (TPSA) is 166 Å². The van der Waals surface area contributed by atoms with Gasteiger partial charge in [0.1, 0.15) is 53.0 Å². The Kier molecular flexibility index (Phi) is 7.54. The molecule has 0 unspecified atom stereocenters. The third kappa shape index (κ3) is 5.12. The molecule has 0 aromatic heterocycles. The zero-order valence-electron chi connectivity index (χ0n) is 17.3. The number of rotatable bonds is 8. The summed E-state index contributed by atoms with van der Waals surface area (Å²) in [7, 11) is 1.35. The first-order chi connectivity index (χ1) is 15.2. The highest BCUT2D eigenvalue weighted by Gasteiger charge is 2.45. The van der Waals surface area contributed by atoms with Crippen molar-refractivity contribution in [1.82, 2.24) is 0 Å². The van der Waals surface area contributed by atoms with E-state index in [0.717, 1.165) is 5.56 Å². The number of aliphatic hydroxyl groups is 4. The van der Waals surface area contributed by atoms with E-state index in [1.54, 1.807) is 12.1 Å². The van der Waals surface area contributed by atoms with E-state index in [-0.39, 0.29) is 29.2 Å². The zero-order chi connectivity index (χ0) is 23.4. The molecule has 1 aliphatic rings. The second-order valence-electron chi connectivity index (χ2n) is 7.42. The number of ether oxygens (including phenoxy) is 3. The van der Waals surface area contributed by atoms with Crippen molar-refractivity contribution in [3.8, 4) is 23.0 Å². The highest BCUT2D eigenvalue weighted by atomic mass is 16.7. The molecule has 174 valence electrons. The maximum Gasteiger partial charge on any atom is 0.229 e. The maximum absolute atomic E-state index is 12.9. The molecule has 5 atom stereocenters. The molecule has 0 bridgehead atoms. The van der Waals surface area contributed by atoms with E-state index >= 15 is 0 Å². The minimum atomic E-state index is -1.69. The monoisotopic (exact) mass is 450 g/mol. The average molecular weight is 450 g/mol. The Balaban J connectivity index is 1.85. The van der Waals surface area contributed by atoms with Gasteiger partial charge in [0.15, 0.2) is 5.78 Å². The van der Waals surface area contributed by atoms with Crippen molar-refractivity contribution in [3.63, 3.8) is 0 Å². The van der Waals surface area contributed by atoms with Crippen LogP contribution in [0.4, 0.5) is 0 Å². The molecule has 6 N–H and O–H groups in total. The number of benzene rings is 2. The van der Waals surface area contributed by atoms with Crippen LogP contribution in [0.15, 0.2) is 36.4 Å². The van der Waals surface area contributed by atoms with Gasteiger partial charge in [0.25, 0.3) is 0 Å². The highest BCUT2D eigenvalue weighted by Crippen LogP contribution is 2.36. The summed E-state index contributed by atoms with van der Waals surface area (Å²) in [6.07, 6.45) is -7.36. The summed E-state index contributed by atoms with van der Waals surface area (Å²) >= 11 is 0. The fraction of sp³-hybridized carbons (Fsp3) is 0.409. The minimum Gasteiger partial charge on any atom is -0.508 e. The van der Waals surface area contributed by atoms with Crippen LogP contribution >= 0.6 is 0 Å². The molecule has 0 saturated carbocycles. The number of aryl methyl sites for hydroxylation is 1. The molecule has 1 heterocycles. The molecule has 2 aromatic rings. The number of ketones is 1. The van der Waals surface area contributed by atoms with Crippen LogP contribution in [0.25, 0.3) is 0 Å². The van der Waals surface area contributed by atoms with E-state index in [4.69, 9.17) is 14.2 Å². The Morgan fingerprint density at radius 3 is 2.34 bits per heavy atom. The van der Waals surface area contributed by atoms with Crippen LogP contribution in [0.5, 0.6) is 23.0 Å². The summed E-state index contributed by atoms with van der Waals surface area (Å²) in [6.45, 7) is -0.646. The van der Waals surface area contributed by atoms with E-state index in [1.807, 2.05) is 0 Å². The molecular weight excluding hydrogens is 424 g/mol. The van der Waals surface area contributed by atoms with Gasteiger partial charge >= 0.3 is 0 Å². The van der Waals surface area contributed by atoms with Crippen molar-refractivity contribution in [2.45, 2.75) is 43.5 Å². The predicted octanol–water partition coefficient (Wildman–Crippen LogP) is 0.101. The summed E-state index contributed by atoms with van der Waals surface area (Å²) in [5, 5.41) is 59.3. The lowest BCUT2D eigenvalue weighted by atomic mass is 9.99. The second-order valence-corrected chi connectivity index (χ2v) is 7.42. The van der Waals surface area contributed by atoms with E-state index in [1.165, 1.54) is 31.4 Å². The first kappa shape index (κ1) is 23.8. The molecule has 32 heavy (non-hydrogen) atoms. The summed E-state index contributed by atoms with van der Waals surface area (Å²) in [5.74, 6) is -0.792. The molecule has 0 aliphatic carbocycles. The average Bonchev–Trinajstić information content (AvgIpc) is 2.78. The molecule has 0 spiro atoms. The van der Waals surface area contributed by atoms with Gasteiger partial charge in [0.05, 0.1) is 13.7 Å². The van der Waals surface area contributed by atoms with Crippen molar-refractivity contribution < 1.29 is 49.6 Å². The number of hydrogen-bond acceptors (Lipinski definition) is 10. The summed E-state index contributed by atoms with van der Waals surface area (Å²) in [5.41, 5.74) is 0.613. The predicted molar refractivity (Wildman–Crippen MR) is 110 cm³/mol. The van der Waals surface area contributed by atoms with Crippen molar-refractivity contribution in [3.05, 3.63) is 47.5 Å². The zero-order valence-corrected chi connectivity index (χ0v) is 17.3. The van der Waals surface area contributed by atoms with Crippen LogP contribution in [0, 0.1) is 0 Å². The quantitative estimate of drug-likeness (QED) is 0.304. The van der Waals surface area contributed by atoms with Gasteiger partial charge in [-0.3, -0.25) is 4.79 Å². The second kappa shape index (κ2) is 10.2. The summed E-state index contributed by atoms with van der Waals surface area (Å²) in [4.78, 5) is 12.9. The molecule has 2 aromatic carbocycles. The van der Waals surface area contributed by atoms with Crippen molar-refractivity contribution in [1.29, 1.82) is 0 Å². The van der Waals surface area contributed by atoms with Gasteiger partial charge in [-0.15, -0.1) is 0 Å². The molecule has 10 heteroatoms. The largest absolute Gasteiger partial charge is 0.508 e. The smallest absolute Gasteiger partial charge is 0.229 e. The van der Waals surface area contributed by atoms with Crippen molar-refractivity contribution in [2.75, 3.05) is 13.7 Å². The van der Waals surface area contributed by atoms with Gasteiger partial charge in [-0.25, -0.2) is 0 Å². The number of Topliss-reactive ketones (excluding diaryl/α,β-unsaturated/α-hetero) is 1. The number of carbonyl (C=O) groups is 1. The number of aliphatic hydroxyl groups excluding tert-OH is 4. The van der Waals surface area contributed by atoms with E-state index in [0.29, 0.717) is 6.42 Å². The Labute approximate surface area is 183 Å². The lowest BCUT2D eigenvalue weighted by Crippen LogP contribution is -2.60. The minimum absolute atomic E-state index is 0.00426. The van der Waals surface area contributed by atoms with E-state index < -0.39 is 48.8 Å². The first-order valence-electron chi connectivity index (χ1n) is 9.94. The summed E-state index contributed by atoms with van der Waals surface area (Å²) < 4.78 is 16.0. The SMILES string of the molecule is COc1cc(O)c(C(=O)CCc2ccc(O)cc2)c(O[C@H]2O[C@H](CO)[C@@H](O)[C@H](O)[C@H]2O)c1. The standard InChI is InChI=1S/C22H26O10/c1-30-13-8-15(26)18(14(25)7-4-11-2-5-12(24)6-3-11)16(9-13)31-22-21(29)20(28)19(27)17(10-23)32-22/h2-3,5-6,8-9,17,19-24,26-29H,4,7,10H2,1H3/t17-,19-,20+,21-,22+/m1/s1. The lowest BCUT2D eigenvalue weighted by molar-refractivity contribution is -0.277. The Morgan fingerprint density at radius 2 is 1.72 bits per heavy atom. The molecule has 1 saturated heterocycles. The molecular formula is C22H26O10. The number of phenols is 2. The molecule has 0 radical (unpaired) electrons. The number of methoxy groups -OCH3 is 1. The van der Waals surface area contributed by atoms with Crippen LogP contribution in [0.2, 0.25) is 0 Å². The Morgan fingerprint density at radius 1 is 1.03 bits per heavy atom. The van der Waals surface area contributed by atoms with Gasteiger partial charge in [0, 0.05) is 18.6 Å². The Bertz CT molecular complexity index is 927. The molecule has 10 nitrogen and oxygen atoms in total. The van der Waals surface area contributed by atoms with Crippen molar-refractivity contribution >= 4 is 5.78 Å². The number of aromatic hydroxyl groups is 2. The van der Waals surface area contributed by atoms with Crippen LogP contribution in [0.3, 0.4) is 0 Å². The normalized spacial score (nSPS) is 25.3. The number of carbonyl (C=O) groups excluding carboxylic acids is 1. The summed E-state index contributed by atoms with van der Waals surface area (Å²) in [6, 6.07) is 8.88. The van der Waals surface area contributed by atoms with Crippen LogP contribution in [-0.2, 0) is 11.2 Å². The molecule has 1 fully saturated rings. The van der Waals surface area contributed by atoms with Gasteiger partial charge in [0.2, 0.25) is 6.29 Å². The van der Waals surface area contributed by atoms with Gasteiger partial charge in [-0.2, -0.15) is 0 Å². The van der Waals surface area contributed by atoms with Crippen molar-refractivity contribution in [2.24, 2.45) is 0 Å². The lowest BCUT2D eigenvalue weighted by Gasteiger charge is -2.39. The van der Waals surface area contributed by atoms with Gasteiger partial charge in [-0.1, -0.05) is 12.1 Å². The molecule has 3 rings (SSSR count). The highest BCUT2D eigenvalue weighted by molar-refractivity contribution is 6.01. The fourth-order valence-electron chi connectivity index (χ4n) is 3.40. The number of phenolic OH excluding ortho intramolecular Hbond substituents is 2. The van der Waals surface area contributed by atoms with Crippen LogP contribution < -0.4 is 9.47 Å². The first-order valence-corrected chi connectivity index (χ1v) is 9.94. The fourth-order valence-corrected chi connectivity index (χ4v) is 3.40. The third-order valence-electron chi connectivity index (χ3n) is 5.24. The maximum atomic E-state index is 12.9.